The van der Waals surface area contributed by atoms with Gasteiger partial charge in [-0.3, -0.25) is 4.79 Å². The number of aromatic nitrogens is 1. The molecule has 0 amide bonds. The summed E-state index contributed by atoms with van der Waals surface area (Å²) in [5, 5.41) is 12.2. The Kier molecular flexibility index (Phi) is 3.55. The molecule has 5 heteroatoms. The van der Waals surface area contributed by atoms with E-state index in [0.717, 1.165) is 24.1 Å². The van der Waals surface area contributed by atoms with Gasteiger partial charge in [-0.15, -0.1) is 0 Å². The summed E-state index contributed by atoms with van der Waals surface area (Å²) < 4.78 is 0. The molecule has 0 fully saturated rings. The molecule has 0 aromatic carbocycles. The van der Waals surface area contributed by atoms with Gasteiger partial charge in [0.2, 0.25) is 0 Å². The van der Waals surface area contributed by atoms with Crippen molar-refractivity contribution < 1.29 is 9.90 Å². The number of carboxylic acids is 1. The number of aryl methyl sites for hydroxylation is 1. The lowest BCUT2D eigenvalue weighted by atomic mass is 9.98. The van der Waals surface area contributed by atoms with Gasteiger partial charge in [0.15, 0.2) is 0 Å². The van der Waals surface area contributed by atoms with Crippen molar-refractivity contribution in [3.05, 3.63) is 51.1 Å². The van der Waals surface area contributed by atoms with Gasteiger partial charge in [-0.25, -0.2) is 4.79 Å². The maximum absolute atomic E-state index is 11.6. The van der Waals surface area contributed by atoms with Gasteiger partial charge in [0.1, 0.15) is 5.56 Å². The van der Waals surface area contributed by atoms with Crippen LogP contribution in [0.2, 0.25) is 0 Å². The van der Waals surface area contributed by atoms with Crippen molar-refractivity contribution in [2.45, 2.75) is 20.3 Å². The van der Waals surface area contributed by atoms with Gasteiger partial charge in [-0.1, -0.05) is 18.6 Å². The largest absolute Gasteiger partial charge is 0.477 e. The molecule has 3 N–H and O–H groups in total. The van der Waals surface area contributed by atoms with Crippen LogP contribution < -0.4 is 10.9 Å². The fourth-order valence-corrected chi connectivity index (χ4v) is 2.07. The number of pyridine rings is 1. The standard InChI is InChI=1S/C14H16N2O3/c1-3-9-4-10(7-15-6-9)11-5-12(14(18)19)13(17)16-8(11)2/h4-5,7,15H,3,6H2,1-2H3,(H,16,17)(H,18,19). The zero-order valence-electron chi connectivity index (χ0n) is 10.9. The van der Waals surface area contributed by atoms with Crippen molar-refractivity contribution in [1.29, 1.82) is 0 Å². The summed E-state index contributed by atoms with van der Waals surface area (Å²) in [7, 11) is 0. The zero-order valence-corrected chi connectivity index (χ0v) is 10.9. The van der Waals surface area contributed by atoms with Gasteiger partial charge in [0, 0.05) is 24.0 Å². The Labute approximate surface area is 110 Å². The van der Waals surface area contributed by atoms with Crippen molar-refractivity contribution in [3.63, 3.8) is 0 Å². The Morgan fingerprint density at radius 3 is 2.84 bits per heavy atom. The number of nitrogens with one attached hydrogen (secondary N) is 2. The van der Waals surface area contributed by atoms with Crippen LogP contribution in [0.5, 0.6) is 0 Å². The smallest absolute Gasteiger partial charge is 0.341 e. The number of carbonyl (C=O) groups is 1. The zero-order chi connectivity index (χ0) is 14.0. The summed E-state index contributed by atoms with van der Waals surface area (Å²) >= 11 is 0. The van der Waals surface area contributed by atoms with Gasteiger partial charge in [0.25, 0.3) is 5.56 Å². The molecule has 0 saturated carbocycles. The molecule has 0 radical (unpaired) electrons. The average Bonchev–Trinajstić information content (AvgIpc) is 2.38. The molecule has 1 aromatic rings. The third kappa shape index (κ3) is 2.59. The number of dihydropyridines is 1. The molecular weight excluding hydrogens is 244 g/mol. The first-order chi connectivity index (χ1) is 9.02. The van der Waals surface area contributed by atoms with Gasteiger partial charge < -0.3 is 15.4 Å². The maximum Gasteiger partial charge on any atom is 0.341 e. The highest BCUT2D eigenvalue weighted by molar-refractivity contribution is 5.89. The Morgan fingerprint density at radius 2 is 2.21 bits per heavy atom. The summed E-state index contributed by atoms with van der Waals surface area (Å²) in [6, 6.07) is 1.43. The van der Waals surface area contributed by atoms with E-state index in [1.165, 1.54) is 11.6 Å². The molecule has 1 aliphatic heterocycles. The molecule has 2 rings (SSSR count). The van der Waals surface area contributed by atoms with E-state index in [1.54, 1.807) is 6.92 Å². The normalized spacial score (nSPS) is 14.4. The lowest BCUT2D eigenvalue weighted by molar-refractivity contribution is 0.0695. The highest BCUT2D eigenvalue weighted by atomic mass is 16.4. The topological polar surface area (TPSA) is 82.2 Å². The highest BCUT2D eigenvalue weighted by Crippen LogP contribution is 2.22. The third-order valence-corrected chi connectivity index (χ3v) is 3.18. The Morgan fingerprint density at radius 1 is 1.47 bits per heavy atom. The number of hydrogen-bond donors (Lipinski definition) is 3. The van der Waals surface area contributed by atoms with E-state index in [2.05, 4.69) is 17.2 Å². The molecular formula is C14H16N2O3. The Bertz CT molecular complexity index is 639. The van der Waals surface area contributed by atoms with E-state index < -0.39 is 11.5 Å². The van der Waals surface area contributed by atoms with E-state index in [-0.39, 0.29) is 5.56 Å². The van der Waals surface area contributed by atoms with Crippen LogP contribution >= 0.6 is 0 Å². The van der Waals surface area contributed by atoms with E-state index in [0.29, 0.717) is 5.69 Å². The molecule has 2 heterocycles. The van der Waals surface area contributed by atoms with Crippen molar-refractivity contribution in [2.75, 3.05) is 6.54 Å². The Hall–Kier alpha value is -2.30. The lowest BCUT2D eigenvalue weighted by Gasteiger charge is -2.16. The summed E-state index contributed by atoms with van der Waals surface area (Å²) in [4.78, 5) is 25.2. The average molecular weight is 260 g/mol. The molecule has 0 unspecified atom stereocenters. The van der Waals surface area contributed by atoms with Crippen LogP contribution in [0.3, 0.4) is 0 Å². The van der Waals surface area contributed by atoms with Gasteiger partial charge >= 0.3 is 5.97 Å². The number of hydrogen-bond acceptors (Lipinski definition) is 3. The van der Waals surface area contributed by atoms with Gasteiger partial charge in [-0.2, -0.15) is 0 Å². The van der Waals surface area contributed by atoms with Crippen molar-refractivity contribution in [1.82, 2.24) is 10.3 Å². The Balaban J connectivity index is 2.54. The van der Waals surface area contributed by atoms with E-state index in [4.69, 9.17) is 5.11 Å². The number of aromatic amines is 1. The number of H-pyrrole nitrogens is 1. The van der Waals surface area contributed by atoms with E-state index >= 15 is 0 Å². The first-order valence-corrected chi connectivity index (χ1v) is 6.13. The monoisotopic (exact) mass is 260 g/mol. The van der Waals surface area contributed by atoms with E-state index in [1.807, 2.05) is 12.3 Å². The van der Waals surface area contributed by atoms with Crippen molar-refractivity contribution >= 4 is 11.5 Å². The summed E-state index contributed by atoms with van der Waals surface area (Å²) in [6.45, 7) is 4.63. The molecule has 100 valence electrons. The molecule has 0 saturated heterocycles. The van der Waals surface area contributed by atoms with Crippen LogP contribution in [0.15, 0.2) is 28.7 Å². The molecule has 0 atom stereocenters. The van der Waals surface area contributed by atoms with Crippen LogP contribution in [0, 0.1) is 6.92 Å². The first kappa shape index (κ1) is 13.1. The minimum absolute atomic E-state index is 0.237. The molecule has 19 heavy (non-hydrogen) atoms. The van der Waals surface area contributed by atoms with Gasteiger partial charge in [0.05, 0.1) is 0 Å². The van der Waals surface area contributed by atoms with Crippen molar-refractivity contribution in [3.8, 4) is 0 Å². The maximum atomic E-state index is 11.6. The van der Waals surface area contributed by atoms with Crippen LogP contribution in [0.1, 0.15) is 35.0 Å². The second-order valence-electron chi connectivity index (χ2n) is 4.49. The summed E-state index contributed by atoms with van der Waals surface area (Å²) in [5.41, 5.74) is 2.71. The molecule has 5 nitrogen and oxygen atoms in total. The first-order valence-electron chi connectivity index (χ1n) is 6.13. The second-order valence-corrected chi connectivity index (χ2v) is 4.49. The number of rotatable bonds is 3. The molecule has 1 aliphatic rings. The van der Waals surface area contributed by atoms with Crippen molar-refractivity contribution in [2.24, 2.45) is 0 Å². The number of allylic oxidation sites excluding steroid dienone is 2. The third-order valence-electron chi connectivity index (χ3n) is 3.18. The second kappa shape index (κ2) is 5.14. The predicted molar refractivity (Wildman–Crippen MR) is 73.1 cm³/mol. The fraction of sp³-hybridized carbons (Fsp3) is 0.286. The fourth-order valence-electron chi connectivity index (χ4n) is 2.07. The highest BCUT2D eigenvalue weighted by Gasteiger charge is 2.15. The van der Waals surface area contributed by atoms with Crippen LogP contribution in [0.4, 0.5) is 0 Å². The van der Waals surface area contributed by atoms with Crippen LogP contribution in [-0.4, -0.2) is 22.6 Å². The van der Waals surface area contributed by atoms with Crippen LogP contribution in [0.25, 0.3) is 5.57 Å². The minimum Gasteiger partial charge on any atom is -0.477 e. The number of aromatic carboxylic acids is 1. The summed E-state index contributed by atoms with van der Waals surface area (Å²) in [6.07, 6.45) is 4.80. The molecule has 0 spiro atoms. The summed E-state index contributed by atoms with van der Waals surface area (Å²) in [5.74, 6) is -1.22. The minimum atomic E-state index is -1.22. The number of carboxylic acid groups (broad SMARTS) is 1. The SMILES string of the molecule is CCC1=CC(c2cc(C(=O)O)c(=O)[nH]c2C)=CNC1. The van der Waals surface area contributed by atoms with Crippen LogP contribution in [-0.2, 0) is 0 Å². The van der Waals surface area contributed by atoms with Gasteiger partial charge in [-0.05, 0) is 25.0 Å². The lowest BCUT2D eigenvalue weighted by Crippen LogP contribution is -2.20. The predicted octanol–water partition coefficient (Wildman–Crippen LogP) is 1.66. The molecule has 1 aromatic heterocycles. The molecule has 0 bridgehead atoms. The molecule has 0 aliphatic carbocycles. The van der Waals surface area contributed by atoms with E-state index in [9.17, 15) is 9.59 Å². The quantitative estimate of drug-likeness (QED) is 0.772.